The first-order valence-electron chi connectivity index (χ1n) is 9.01. The Balaban J connectivity index is 1.74. The van der Waals surface area contributed by atoms with Gasteiger partial charge in [0.1, 0.15) is 17.4 Å². The fraction of sp³-hybridized carbons (Fsp3) is 0.238. The predicted octanol–water partition coefficient (Wildman–Crippen LogP) is 4.29. The molecule has 1 N–H and O–H groups in total. The molecule has 3 aromatic rings. The van der Waals surface area contributed by atoms with Crippen molar-refractivity contribution in [1.29, 1.82) is 0 Å². The maximum Gasteiger partial charge on any atom is 0.290 e. The van der Waals surface area contributed by atoms with E-state index in [-0.39, 0.29) is 17.9 Å². The summed E-state index contributed by atoms with van der Waals surface area (Å²) in [6.45, 7) is 0.720. The van der Waals surface area contributed by atoms with Crippen molar-refractivity contribution in [3.05, 3.63) is 70.5 Å². The minimum absolute atomic E-state index is 0.00640. The number of halogens is 1. The Morgan fingerprint density at radius 2 is 2.14 bits per heavy atom. The molecule has 0 bridgehead atoms. The molecule has 7 nitrogen and oxygen atoms in total. The summed E-state index contributed by atoms with van der Waals surface area (Å²) in [6.07, 6.45) is 1.99. The number of carbonyl (C=O) groups is 2. The zero-order chi connectivity index (χ0) is 20.5. The van der Waals surface area contributed by atoms with Crippen molar-refractivity contribution in [2.75, 3.05) is 20.3 Å². The molecule has 8 heteroatoms. The summed E-state index contributed by atoms with van der Waals surface area (Å²) in [5.41, 5.74) is 0.404. The molecule has 29 heavy (non-hydrogen) atoms. The van der Waals surface area contributed by atoms with Crippen molar-refractivity contribution >= 4 is 34.3 Å². The van der Waals surface area contributed by atoms with E-state index < -0.39 is 23.5 Å². The third-order valence-corrected chi connectivity index (χ3v) is 5.05. The van der Waals surface area contributed by atoms with Crippen molar-refractivity contribution in [3.63, 3.8) is 0 Å². The summed E-state index contributed by atoms with van der Waals surface area (Å²) in [7, 11) is 1.56. The van der Waals surface area contributed by atoms with E-state index in [0.29, 0.717) is 34.8 Å². The first-order valence-corrected chi connectivity index (χ1v) is 9.39. The van der Waals surface area contributed by atoms with E-state index in [2.05, 4.69) is 0 Å². The molecule has 0 saturated heterocycles. The summed E-state index contributed by atoms with van der Waals surface area (Å²) in [5, 5.41) is 11.7. The molecule has 1 aliphatic rings. The molecule has 0 radical (unpaired) electrons. The van der Waals surface area contributed by atoms with Crippen LogP contribution >= 0.6 is 11.6 Å². The highest BCUT2D eigenvalue weighted by atomic mass is 35.5. The lowest BCUT2D eigenvalue weighted by Crippen LogP contribution is -2.32. The molecule has 2 aromatic heterocycles. The van der Waals surface area contributed by atoms with E-state index in [4.69, 9.17) is 25.2 Å². The highest BCUT2D eigenvalue weighted by Crippen LogP contribution is 2.39. The summed E-state index contributed by atoms with van der Waals surface area (Å²) >= 11 is 6.00. The Kier molecular flexibility index (Phi) is 5.17. The lowest BCUT2D eigenvalue weighted by Gasteiger charge is -2.24. The number of aliphatic hydroxyl groups is 1. The van der Waals surface area contributed by atoms with Gasteiger partial charge in [-0.15, -0.1) is 0 Å². The molecule has 1 amide bonds. The minimum atomic E-state index is -0.848. The largest absolute Gasteiger partial charge is 0.503 e. The molecule has 1 aliphatic heterocycles. The maximum atomic E-state index is 13.2. The first kappa shape index (κ1) is 19.3. The zero-order valence-corrected chi connectivity index (χ0v) is 16.3. The van der Waals surface area contributed by atoms with Crippen LogP contribution in [-0.2, 0) is 9.53 Å². The fourth-order valence-corrected chi connectivity index (χ4v) is 3.68. The number of benzene rings is 1. The van der Waals surface area contributed by atoms with Gasteiger partial charge in [0.25, 0.3) is 5.91 Å². The molecule has 3 heterocycles. The normalized spacial score (nSPS) is 17.0. The van der Waals surface area contributed by atoms with Crippen LogP contribution < -0.4 is 0 Å². The highest BCUT2D eigenvalue weighted by Gasteiger charge is 2.45. The van der Waals surface area contributed by atoms with Gasteiger partial charge in [0.05, 0.1) is 11.8 Å². The van der Waals surface area contributed by atoms with Gasteiger partial charge in [0.2, 0.25) is 5.78 Å². The van der Waals surface area contributed by atoms with Crippen LogP contribution in [0.15, 0.2) is 62.8 Å². The van der Waals surface area contributed by atoms with E-state index in [1.165, 1.54) is 11.2 Å². The molecule has 1 aromatic carbocycles. The van der Waals surface area contributed by atoms with Gasteiger partial charge in [-0.1, -0.05) is 11.6 Å². The van der Waals surface area contributed by atoms with Crippen LogP contribution in [0.3, 0.4) is 0 Å². The van der Waals surface area contributed by atoms with Crippen LogP contribution in [0.1, 0.15) is 28.8 Å². The number of nitrogens with zero attached hydrogens (tertiary/aromatic N) is 1. The number of rotatable bonds is 7. The van der Waals surface area contributed by atoms with Gasteiger partial charge in [0.15, 0.2) is 11.5 Å². The van der Waals surface area contributed by atoms with Crippen LogP contribution in [0, 0.1) is 0 Å². The predicted molar refractivity (Wildman–Crippen MR) is 105 cm³/mol. The Morgan fingerprint density at radius 3 is 2.86 bits per heavy atom. The maximum absolute atomic E-state index is 13.2. The number of methoxy groups -OCH3 is 1. The Labute approximate surface area is 171 Å². The molecule has 1 atom stereocenters. The van der Waals surface area contributed by atoms with E-state index >= 15 is 0 Å². The van der Waals surface area contributed by atoms with Gasteiger partial charge in [-0.3, -0.25) is 9.59 Å². The molecular formula is C21H18ClNO6. The monoisotopic (exact) mass is 415 g/mol. The van der Waals surface area contributed by atoms with Gasteiger partial charge in [-0.25, -0.2) is 0 Å². The average Bonchev–Trinajstić information content (AvgIpc) is 3.42. The molecule has 0 fully saturated rings. The second kappa shape index (κ2) is 7.77. The number of amides is 1. The van der Waals surface area contributed by atoms with Gasteiger partial charge >= 0.3 is 0 Å². The Bertz CT molecular complexity index is 1100. The van der Waals surface area contributed by atoms with Crippen LogP contribution in [0.25, 0.3) is 11.0 Å². The second-order valence-electron chi connectivity index (χ2n) is 6.65. The lowest BCUT2D eigenvalue weighted by atomic mass is 9.99. The fourth-order valence-electron chi connectivity index (χ4n) is 3.50. The van der Waals surface area contributed by atoms with Crippen molar-refractivity contribution in [2.24, 2.45) is 0 Å². The number of hydrogen-bond donors (Lipinski definition) is 1. The summed E-state index contributed by atoms with van der Waals surface area (Å²) < 4.78 is 16.2. The number of ketones is 1. The number of carbonyl (C=O) groups excluding carboxylic acids is 2. The van der Waals surface area contributed by atoms with E-state index in [0.717, 1.165) is 0 Å². The summed E-state index contributed by atoms with van der Waals surface area (Å²) in [4.78, 5) is 27.4. The molecule has 0 spiro atoms. The van der Waals surface area contributed by atoms with E-state index in [1.54, 1.807) is 43.5 Å². The van der Waals surface area contributed by atoms with Gasteiger partial charge in [-0.2, -0.15) is 0 Å². The van der Waals surface area contributed by atoms with Gasteiger partial charge in [0, 0.05) is 30.7 Å². The minimum Gasteiger partial charge on any atom is -0.503 e. The van der Waals surface area contributed by atoms with Crippen molar-refractivity contribution in [3.8, 4) is 0 Å². The van der Waals surface area contributed by atoms with Crippen LogP contribution in [-0.4, -0.2) is 42.0 Å². The number of furan rings is 2. The standard InChI is InChI=1S/C21H18ClNO6/c1-27-8-3-7-23-18(15-4-2-9-28-15)17(20(25)21(23)26)19(24)16-11-12-10-13(22)5-6-14(12)29-16/h2,4-6,9-11,18,25H,3,7-8H2,1H3. The number of Topliss-reactive ketones (excluding diaryl/α,β-unsaturated/α-hetero) is 1. The third-order valence-electron chi connectivity index (χ3n) is 4.81. The molecule has 0 saturated carbocycles. The van der Waals surface area contributed by atoms with Crippen molar-refractivity contribution in [2.45, 2.75) is 12.5 Å². The van der Waals surface area contributed by atoms with Crippen molar-refractivity contribution in [1.82, 2.24) is 4.90 Å². The topological polar surface area (TPSA) is 93.1 Å². The molecule has 1 unspecified atom stereocenters. The molecule has 4 rings (SSSR count). The van der Waals surface area contributed by atoms with Crippen LogP contribution in [0.5, 0.6) is 0 Å². The molecule has 150 valence electrons. The summed E-state index contributed by atoms with van der Waals surface area (Å²) in [5.74, 6) is -1.44. The zero-order valence-electron chi connectivity index (χ0n) is 15.6. The average molecular weight is 416 g/mol. The highest BCUT2D eigenvalue weighted by molar-refractivity contribution is 6.31. The van der Waals surface area contributed by atoms with Gasteiger partial charge in [-0.05, 0) is 42.8 Å². The number of aliphatic hydroxyl groups excluding tert-OH is 1. The third kappa shape index (κ3) is 3.43. The van der Waals surface area contributed by atoms with Crippen molar-refractivity contribution < 1.29 is 28.3 Å². The first-order chi connectivity index (χ1) is 14.0. The molecular weight excluding hydrogens is 398 g/mol. The SMILES string of the molecule is COCCCN1C(=O)C(O)=C(C(=O)c2cc3cc(Cl)ccc3o2)C1c1ccco1. The molecule has 0 aliphatic carbocycles. The Morgan fingerprint density at radius 1 is 1.31 bits per heavy atom. The number of fused-ring (bicyclic) bond motifs is 1. The lowest BCUT2D eigenvalue weighted by molar-refractivity contribution is -0.129. The van der Waals surface area contributed by atoms with Crippen LogP contribution in [0.2, 0.25) is 5.02 Å². The smallest absolute Gasteiger partial charge is 0.290 e. The van der Waals surface area contributed by atoms with Crippen LogP contribution in [0.4, 0.5) is 0 Å². The Hall–Kier alpha value is -3.03. The quantitative estimate of drug-likeness (QED) is 0.457. The number of hydrogen-bond acceptors (Lipinski definition) is 6. The van der Waals surface area contributed by atoms with E-state index in [1.807, 2.05) is 0 Å². The second-order valence-corrected chi connectivity index (χ2v) is 7.08. The van der Waals surface area contributed by atoms with E-state index in [9.17, 15) is 14.7 Å². The van der Waals surface area contributed by atoms with Gasteiger partial charge < -0.3 is 23.6 Å². The number of ether oxygens (including phenoxy) is 1. The summed E-state index contributed by atoms with van der Waals surface area (Å²) in [6, 6.07) is 9.00.